The molecule has 0 bridgehead atoms. The van der Waals surface area contributed by atoms with Crippen LogP contribution in [0.2, 0.25) is 0 Å². The highest BCUT2D eigenvalue weighted by Crippen LogP contribution is 2.33. The second kappa shape index (κ2) is 8.14. The number of amides is 1. The fraction of sp³-hybridized carbons (Fsp3) is 0.130. The maximum absolute atomic E-state index is 12.9. The fourth-order valence-corrected chi connectivity index (χ4v) is 3.24. The van der Waals surface area contributed by atoms with Crippen LogP contribution in [0.15, 0.2) is 72.9 Å². The van der Waals surface area contributed by atoms with E-state index in [1.54, 1.807) is 60.2 Å². The first-order valence-corrected chi connectivity index (χ1v) is 9.42. The number of halogens is 3. The van der Waals surface area contributed by atoms with Crippen LogP contribution in [-0.2, 0) is 17.4 Å². The van der Waals surface area contributed by atoms with Crippen molar-refractivity contribution in [2.24, 2.45) is 0 Å². The number of carbonyl (C=O) groups is 1. The first-order chi connectivity index (χ1) is 14.8. The summed E-state index contributed by atoms with van der Waals surface area (Å²) < 4.78 is 45.5. The topological polar surface area (TPSA) is 55.6 Å². The Morgan fingerprint density at radius 3 is 2.39 bits per heavy atom. The Balaban J connectivity index is 1.65. The van der Waals surface area contributed by atoms with E-state index in [4.69, 9.17) is 4.74 Å². The number of fused-ring (bicyclic) bond motifs is 1. The second-order valence-electron chi connectivity index (χ2n) is 6.89. The summed E-state index contributed by atoms with van der Waals surface area (Å²) in [6.07, 6.45) is -2.57. The number of nitrogens with zero attached hydrogens (tertiary/aromatic N) is 2. The lowest BCUT2D eigenvalue weighted by atomic mass is 10.1. The molecule has 0 atom stereocenters. The van der Waals surface area contributed by atoms with Gasteiger partial charge in [0.1, 0.15) is 22.9 Å². The molecule has 31 heavy (non-hydrogen) atoms. The summed E-state index contributed by atoms with van der Waals surface area (Å²) in [5.41, 5.74) is 1.48. The first-order valence-electron chi connectivity index (χ1n) is 9.42. The molecule has 5 nitrogen and oxygen atoms in total. The predicted molar refractivity (Wildman–Crippen MR) is 111 cm³/mol. The molecule has 2 heterocycles. The smallest absolute Gasteiger partial charge is 0.416 e. The molecule has 2 aromatic heterocycles. The van der Waals surface area contributed by atoms with E-state index in [1.165, 1.54) is 12.1 Å². The first kappa shape index (κ1) is 20.5. The molecule has 8 heteroatoms. The van der Waals surface area contributed by atoms with Crippen molar-refractivity contribution in [2.75, 3.05) is 12.4 Å². The molecule has 0 aliphatic carbocycles. The number of rotatable bonds is 5. The van der Waals surface area contributed by atoms with Gasteiger partial charge in [-0.3, -0.25) is 9.20 Å². The van der Waals surface area contributed by atoms with E-state index in [1.807, 2.05) is 0 Å². The third-order valence-electron chi connectivity index (χ3n) is 4.80. The molecule has 0 aliphatic rings. The van der Waals surface area contributed by atoms with Gasteiger partial charge in [0.2, 0.25) is 5.91 Å². The van der Waals surface area contributed by atoms with Crippen LogP contribution in [0.25, 0.3) is 16.9 Å². The zero-order valence-electron chi connectivity index (χ0n) is 16.5. The summed E-state index contributed by atoms with van der Waals surface area (Å²) in [7, 11) is 1.56. The molecule has 1 N–H and O–H groups in total. The Morgan fingerprint density at radius 2 is 1.74 bits per heavy atom. The van der Waals surface area contributed by atoms with Crippen molar-refractivity contribution in [3.8, 4) is 17.0 Å². The summed E-state index contributed by atoms with van der Waals surface area (Å²) in [5, 5.41) is 2.86. The Kier molecular flexibility index (Phi) is 5.37. The van der Waals surface area contributed by atoms with Crippen molar-refractivity contribution in [1.82, 2.24) is 9.38 Å². The molecular weight excluding hydrogens is 407 g/mol. The molecule has 0 unspecified atom stereocenters. The third kappa shape index (κ3) is 4.37. The number of alkyl halides is 3. The Hall–Kier alpha value is -3.81. The minimum Gasteiger partial charge on any atom is -0.497 e. The van der Waals surface area contributed by atoms with E-state index in [-0.39, 0.29) is 12.3 Å². The van der Waals surface area contributed by atoms with Crippen LogP contribution in [0.4, 0.5) is 19.0 Å². The molecular formula is C23H18F3N3O2. The van der Waals surface area contributed by atoms with Crippen molar-refractivity contribution in [1.29, 1.82) is 0 Å². The lowest BCUT2D eigenvalue weighted by Gasteiger charge is -2.10. The monoisotopic (exact) mass is 425 g/mol. The van der Waals surface area contributed by atoms with Crippen LogP contribution in [0.5, 0.6) is 5.75 Å². The van der Waals surface area contributed by atoms with Gasteiger partial charge in [0.25, 0.3) is 0 Å². The highest BCUT2D eigenvalue weighted by Gasteiger charge is 2.30. The Labute approximate surface area is 176 Å². The van der Waals surface area contributed by atoms with Crippen molar-refractivity contribution in [2.45, 2.75) is 12.6 Å². The van der Waals surface area contributed by atoms with Gasteiger partial charge in [-0.2, -0.15) is 13.2 Å². The number of imidazole rings is 1. The van der Waals surface area contributed by atoms with E-state index in [2.05, 4.69) is 10.3 Å². The number of hydrogen-bond donors (Lipinski definition) is 1. The van der Waals surface area contributed by atoms with Crippen molar-refractivity contribution in [3.05, 3.63) is 84.1 Å². The fourth-order valence-electron chi connectivity index (χ4n) is 3.24. The highest BCUT2D eigenvalue weighted by molar-refractivity contribution is 5.95. The van der Waals surface area contributed by atoms with Gasteiger partial charge in [0.05, 0.1) is 19.1 Å². The zero-order chi connectivity index (χ0) is 22.0. The molecule has 158 valence electrons. The summed E-state index contributed by atoms with van der Waals surface area (Å²) in [6.45, 7) is 0. The maximum atomic E-state index is 12.9. The molecule has 0 spiro atoms. The van der Waals surface area contributed by atoms with E-state index >= 15 is 0 Å². The molecule has 0 radical (unpaired) electrons. The van der Waals surface area contributed by atoms with Gasteiger partial charge in [-0.25, -0.2) is 4.98 Å². The molecule has 4 rings (SSSR count). The zero-order valence-corrected chi connectivity index (χ0v) is 16.5. The number of pyridine rings is 1. The van der Waals surface area contributed by atoms with Crippen LogP contribution in [-0.4, -0.2) is 22.4 Å². The SMILES string of the molecule is COc1ccc(CC(=O)Nc2c(-c3ccc(C(F)(F)F)cc3)nc3ccccn23)cc1. The average molecular weight is 425 g/mol. The third-order valence-corrected chi connectivity index (χ3v) is 4.80. The lowest BCUT2D eigenvalue weighted by Crippen LogP contribution is -2.16. The standard InChI is InChI=1S/C23H18F3N3O2/c1-31-18-11-5-15(6-12-18)14-20(30)28-22-21(27-19-4-2-3-13-29(19)22)16-7-9-17(10-8-16)23(24,25)26/h2-13H,14H2,1H3,(H,28,30). The van der Waals surface area contributed by atoms with Gasteiger partial charge in [-0.15, -0.1) is 0 Å². The Morgan fingerprint density at radius 1 is 1.03 bits per heavy atom. The molecule has 0 saturated carbocycles. The summed E-state index contributed by atoms with van der Waals surface area (Å²) >= 11 is 0. The summed E-state index contributed by atoms with van der Waals surface area (Å²) in [6, 6.07) is 17.2. The van der Waals surface area contributed by atoms with Gasteiger partial charge >= 0.3 is 6.18 Å². The number of hydrogen-bond acceptors (Lipinski definition) is 3. The van der Waals surface area contributed by atoms with Crippen molar-refractivity contribution < 1.29 is 22.7 Å². The van der Waals surface area contributed by atoms with Gasteiger partial charge < -0.3 is 10.1 Å². The minimum absolute atomic E-state index is 0.122. The number of ether oxygens (including phenoxy) is 1. The number of benzene rings is 2. The van der Waals surface area contributed by atoms with E-state index < -0.39 is 11.7 Å². The van der Waals surface area contributed by atoms with Crippen molar-refractivity contribution in [3.63, 3.8) is 0 Å². The molecule has 1 amide bonds. The van der Waals surface area contributed by atoms with Crippen LogP contribution < -0.4 is 10.1 Å². The molecule has 2 aromatic carbocycles. The van der Waals surface area contributed by atoms with E-state index in [9.17, 15) is 18.0 Å². The number of nitrogens with one attached hydrogen (secondary N) is 1. The quantitative estimate of drug-likeness (QED) is 0.478. The Bertz CT molecular complexity index is 1210. The number of methoxy groups -OCH3 is 1. The summed E-state index contributed by atoms with van der Waals surface area (Å²) in [4.78, 5) is 17.2. The summed E-state index contributed by atoms with van der Waals surface area (Å²) in [5.74, 6) is 0.813. The molecule has 0 aliphatic heterocycles. The average Bonchev–Trinajstić information content (AvgIpc) is 3.12. The predicted octanol–water partition coefficient (Wildman–Crippen LogP) is 5.21. The van der Waals surface area contributed by atoms with Crippen LogP contribution >= 0.6 is 0 Å². The molecule has 4 aromatic rings. The lowest BCUT2D eigenvalue weighted by molar-refractivity contribution is -0.137. The van der Waals surface area contributed by atoms with Gasteiger partial charge in [-0.05, 0) is 42.0 Å². The molecule has 0 saturated heterocycles. The normalized spacial score (nSPS) is 11.5. The van der Waals surface area contributed by atoms with Gasteiger partial charge in [-0.1, -0.05) is 30.3 Å². The van der Waals surface area contributed by atoms with Crippen LogP contribution in [0, 0.1) is 0 Å². The number of carbonyl (C=O) groups excluding carboxylic acids is 1. The molecule has 0 fully saturated rings. The minimum atomic E-state index is -4.42. The maximum Gasteiger partial charge on any atom is 0.416 e. The van der Waals surface area contributed by atoms with E-state index in [0.29, 0.717) is 28.5 Å². The van der Waals surface area contributed by atoms with Crippen LogP contribution in [0.1, 0.15) is 11.1 Å². The van der Waals surface area contributed by atoms with Crippen LogP contribution in [0.3, 0.4) is 0 Å². The number of anilines is 1. The largest absolute Gasteiger partial charge is 0.497 e. The second-order valence-corrected chi connectivity index (χ2v) is 6.89. The van der Waals surface area contributed by atoms with E-state index in [0.717, 1.165) is 17.7 Å². The van der Waals surface area contributed by atoms with Crippen molar-refractivity contribution >= 4 is 17.4 Å². The van der Waals surface area contributed by atoms with Gasteiger partial charge in [0.15, 0.2) is 0 Å². The number of aromatic nitrogens is 2. The highest BCUT2D eigenvalue weighted by atomic mass is 19.4. The van der Waals surface area contributed by atoms with Gasteiger partial charge in [0, 0.05) is 11.8 Å².